The molecular formula is C20H20N2O5. The van der Waals surface area contributed by atoms with Gasteiger partial charge in [0.05, 0.1) is 25.9 Å². The molecule has 1 aliphatic heterocycles. The molecule has 0 saturated heterocycles. The molecule has 7 heteroatoms. The fourth-order valence-electron chi connectivity index (χ4n) is 3.86. The van der Waals surface area contributed by atoms with Gasteiger partial charge in [0.2, 0.25) is 5.75 Å². The van der Waals surface area contributed by atoms with Crippen molar-refractivity contribution < 1.29 is 29.8 Å². The molecule has 0 radical (unpaired) electrons. The number of benzene rings is 2. The lowest BCUT2D eigenvalue weighted by atomic mass is 9.90. The SMILES string of the molecule is COc1cc([C@@H]2[NH2+][C@@H](C(=O)[O-])Cc3c2[nH]c2ccccc32)cc(OC)c1O. The van der Waals surface area contributed by atoms with Crippen LogP contribution in [0.5, 0.6) is 17.2 Å². The summed E-state index contributed by atoms with van der Waals surface area (Å²) in [6, 6.07) is 10.2. The highest BCUT2D eigenvalue weighted by Gasteiger charge is 2.35. The van der Waals surface area contributed by atoms with Crippen molar-refractivity contribution in [2.75, 3.05) is 14.2 Å². The molecule has 0 bridgehead atoms. The molecule has 140 valence electrons. The molecule has 4 N–H and O–H groups in total. The van der Waals surface area contributed by atoms with Crippen molar-refractivity contribution in [3.05, 3.63) is 53.2 Å². The molecule has 2 heterocycles. The first kappa shape index (κ1) is 17.2. The number of carboxylic acid groups (broad SMARTS) is 1. The Morgan fingerprint density at radius 3 is 2.52 bits per heavy atom. The van der Waals surface area contributed by atoms with Gasteiger partial charge in [-0.1, -0.05) is 18.2 Å². The Kier molecular flexibility index (Phi) is 4.16. The standard InChI is InChI=1S/C20H20N2O5/c1-26-15-7-10(8-16(27-2)19(15)23)17-18-12(9-14(22-17)20(24)25)11-5-3-4-6-13(11)21-18/h3-8,14,17,21-23H,9H2,1-2H3,(H,24,25)/t14-,17+/m1/s1. The van der Waals surface area contributed by atoms with Crippen LogP contribution < -0.4 is 19.9 Å². The minimum Gasteiger partial charge on any atom is -0.544 e. The summed E-state index contributed by atoms with van der Waals surface area (Å²) in [6.45, 7) is 0. The van der Waals surface area contributed by atoms with Crippen molar-refractivity contribution in [1.82, 2.24) is 4.98 Å². The molecule has 0 saturated carbocycles. The third-order valence-corrected chi connectivity index (χ3v) is 5.17. The van der Waals surface area contributed by atoms with Gasteiger partial charge in [-0.2, -0.15) is 0 Å². The van der Waals surface area contributed by atoms with Gasteiger partial charge in [-0.05, 0) is 23.8 Å². The van der Waals surface area contributed by atoms with E-state index in [0.29, 0.717) is 6.42 Å². The van der Waals surface area contributed by atoms with E-state index in [2.05, 4.69) is 4.98 Å². The summed E-state index contributed by atoms with van der Waals surface area (Å²) >= 11 is 0. The van der Waals surface area contributed by atoms with Gasteiger partial charge in [-0.15, -0.1) is 0 Å². The molecule has 2 aromatic carbocycles. The van der Waals surface area contributed by atoms with Gasteiger partial charge in [0.1, 0.15) is 6.04 Å². The lowest BCUT2D eigenvalue weighted by molar-refractivity contribution is -0.717. The molecule has 1 aliphatic rings. The number of carboxylic acids is 1. The number of rotatable bonds is 4. The molecule has 0 aliphatic carbocycles. The molecule has 27 heavy (non-hydrogen) atoms. The Balaban J connectivity index is 1.91. The van der Waals surface area contributed by atoms with Crippen molar-refractivity contribution in [3.8, 4) is 17.2 Å². The second kappa shape index (κ2) is 6.51. The summed E-state index contributed by atoms with van der Waals surface area (Å²) in [6.07, 6.45) is 0.379. The second-order valence-electron chi connectivity index (χ2n) is 6.64. The number of ether oxygens (including phenoxy) is 2. The van der Waals surface area contributed by atoms with Crippen LogP contribution in [-0.2, 0) is 11.2 Å². The van der Waals surface area contributed by atoms with Crippen LogP contribution >= 0.6 is 0 Å². The maximum atomic E-state index is 11.7. The van der Waals surface area contributed by atoms with Crippen LogP contribution in [0.4, 0.5) is 0 Å². The van der Waals surface area contributed by atoms with Gasteiger partial charge in [0, 0.05) is 22.9 Å². The smallest absolute Gasteiger partial charge is 0.200 e. The van der Waals surface area contributed by atoms with Crippen molar-refractivity contribution in [1.29, 1.82) is 0 Å². The largest absolute Gasteiger partial charge is 0.544 e. The number of aromatic nitrogens is 1. The van der Waals surface area contributed by atoms with Gasteiger partial charge in [-0.25, -0.2) is 0 Å². The average Bonchev–Trinajstić information content (AvgIpc) is 3.06. The number of aromatic amines is 1. The van der Waals surface area contributed by atoms with E-state index in [1.807, 2.05) is 24.3 Å². The summed E-state index contributed by atoms with van der Waals surface area (Å²) < 4.78 is 10.5. The maximum absolute atomic E-state index is 11.7. The number of phenolic OH excluding ortho intramolecular Hbond substituents is 1. The third kappa shape index (κ3) is 2.76. The van der Waals surface area contributed by atoms with Crippen molar-refractivity contribution in [2.24, 2.45) is 0 Å². The number of aromatic hydroxyl groups is 1. The number of nitrogens with one attached hydrogen (secondary N) is 1. The number of nitrogens with two attached hydrogens (primary N) is 1. The number of carbonyl (C=O) groups excluding carboxylic acids is 1. The molecule has 0 unspecified atom stereocenters. The quantitative estimate of drug-likeness (QED) is 0.610. The predicted octanol–water partition coefficient (Wildman–Crippen LogP) is 0.218. The van der Waals surface area contributed by atoms with Gasteiger partial charge < -0.3 is 34.8 Å². The monoisotopic (exact) mass is 368 g/mol. The van der Waals surface area contributed by atoms with Crippen LogP contribution in [0, 0.1) is 0 Å². The Morgan fingerprint density at radius 2 is 1.89 bits per heavy atom. The number of hydrogen-bond donors (Lipinski definition) is 3. The minimum absolute atomic E-state index is 0.0899. The Labute approximate surface area is 155 Å². The molecule has 0 spiro atoms. The van der Waals surface area contributed by atoms with Crippen molar-refractivity contribution in [2.45, 2.75) is 18.5 Å². The first-order valence-corrected chi connectivity index (χ1v) is 8.63. The van der Waals surface area contributed by atoms with Gasteiger partial charge in [0.15, 0.2) is 17.5 Å². The van der Waals surface area contributed by atoms with E-state index >= 15 is 0 Å². The molecule has 2 atom stereocenters. The first-order chi connectivity index (χ1) is 13.0. The fraction of sp³-hybridized carbons (Fsp3) is 0.250. The average molecular weight is 368 g/mol. The van der Waals surface area contributed by atoms with Crippen LogP contribution in [-0.4, -0.2) is 36.3 Å². The van der Waals surface area contributed by atoms with Crippen LogP contribution in [0.15, 0.2) is 36.4 Å². The van der Waals surface area contributed by atoms with Crippen LogP contribution in [0.3, 0.4) is 0 Å². The number of H-pyrrole nitrogens is 1. The summed E-state index contributed by atoms with van der Waals surface area (Å²) in [5.74, 6) is -0.654. The topological polar surface area (TPSA) is 111 Å². The van der Waals surface area contributed by atoms with E-state index in [0.717, 1.165) is 27.7 Å². The number of methoxy groups -OCH3 is 2. The molecule has 1 aromatic heterocycles. The number of fused-ring (bicyclic) bond motifs is 3. The number of phenols is 1. The molecule has 3 aromatic rings. The third-order valence-electron chi connectivity index (χ3n) is 5.17. The van der Waals surface area contributed by atoms with Crippen molar-refractivity contribution in [3.63, 3.8) is 0 Å². The molecule has 0 fully saturated rings. The number of para-hydroxylation sites is 1. The Bertz CT molecular complexity index is 1000. The first-order valence-electron chi connectivity index (χ1n) is 8.63. The van der Waals surface area contributed by atoms with Gasteiger partial charge in [0.25, 0.3) is 0 Å². The normalized spacial score (nSPS) is 18.9. The maximum Gasteiger partial charge on any atom is 0.200 e. The van der Waals surface area contributed by atoms with Crippen molar-refractivity contribution >= 4 is 16.9 Å². The minimum atomic E-state index is -1.10. The Morgan fingerprint density at radius 1 is 1.22 bits per heavy atom. The van der Waals surface area contributed by atoms with Crippen LogP contribution in [0.2, 0.25) is 0 Å². The van der Waals surface area contributed by atoms with E-state index in [4.69, 9.17) is 9.47 Å². The fourth-order valence-corrected chi connectivity index (χ4v) is 3.86. The van der Waals surface area contributed by atoms with E-state index in [1.54, 1.807) is 17.4 Å². The number of aliphatic carboxylic acids is 1. The lowest BCUT2D eigenvalue weighted by Gasteiger charge is -2.29. The summed E-state index contributed by atoms with van der Waals surface area (Å²) in [7, 11) is 2.92. The highest BCUT2D eigenvalue weighted by Crippen LogP contribution is 2.40. The lowest BCUT2D eigenvalue weighted by Crippen LogP contribution is -2.95. The number of hydrogen-bond acceptors (Lipinski definition) is 5. The Hall–Kier alpha value is -3.19. The summed E-state index contributed by atoms with van der Waals surface area (Å²) in [5, 5.41) is 24.6. The van der Waals surface area contributed by atoms with Gasteiger partial charge in [-0.3, -0.25) is 0 Å². The highest BCUT2D eigenvalue weighted by atomic mass is 16.5. The summed E-state index contributed by atoms with van der Waals surface area (Å²) in [4.78, 5) is 15.1. The van der Waals surface area contributed by atoms with Crippen LogP contribution in [0.1, 0.15) is 22.9 Å². The molecule has 4 rings (SSSR count). The zero-order chi connectivity index (χ0) is 19.1. The van der Waals surface area contributed by atoms with E-state index in [9.17, 15) is 15.0 Å². The summed E-state index contributed by atoms with van der Waals surface area (Å²) in [5.41, 5.74) is 3.62. The predicted molar refractivity (Wildman–Crippen MR) is 95.8 cm³/mol. The van der Waals surface area contributed by atoms with E-state index in [1.165, 1.54) is 14.2 Å². The van der Waals surface area contributed by atoms with E-state index in [-0.39, 0.29) is 23.3 Å². The highest BCUT2D eigenvalue weighted by molar-refractivity contribution is 5.86. The van der Waals surface area contributed by atoms with E-state index < -0.39 is 12.0 Å². The zero-order valence-corrected chi connectivity index (χ0v) is 15.0. The molecule has 7 nitrogen and oxygen atoms in total. The van der Waals surface area contributed by atoms with Gasteiger partial charge >= 0.3 is 0 Å². The molecular weight excluding hydrogens is 348 g/mol. The number of quaternary nitrogens is 1. The zero-order valence-electron chi connectivity index (χ0n) is 15.0. The number of carbonyl (C=O) groups is 1. The second-order valence-corrected chi connectivity index (χ2v) is 6.64. The molecule has 0 amide bonds. The van der Waals surface area contributed by atoms with Crippen LogP contribution in [0.25, 0.3) is 10.9 Å².